The van der Waals surface area contributed by atoms with E-state index in [2.05, 4.69) is 48.2 Å². The molecule has 0 unspecified atom stereocenters. The van der Waals surface area contributed by atoms with Crippen LogP contribution in [0.3, 0.4) is 0 Å². The summed E-state index contributed by atoms with van der Waals surface area (Å²) in [6.07, 6.45) is -1.07. The fourth-order valence-electron chi connectivity index (χ4n) is 4.20. The number of carbonyl (C=O) groups excluding carboxylic acids is 1. The second-order valence-electron chi connectivity index (χ2n) is 8.39. The quantitative estimate of drug-likeness (QED) is 0.144. The Kier molecular flexibility index (Phi) is 9.12. The molecule has 0 saturated carbocycles. The molecule has 0 aromatic heterocycles. The molecule has 0 heterocycles. The number of carbonyl (C=O) groups is 1. The Hall–Kier alpha value is -4.33. The van der Waals surface area contributed by atoms with Crippen LogP contribution in [0.1, 0.15) is 35.6 Å². The number of ether oxygens (including phenoxy) is 3. The molecule has 0 fully saturated rings. The zero-order valence-electron chi connectivity index (χ0n) is 20.9. The highest BCUT2D eigenvalue weighted by molar-refractivity contribution is 5.60. The predicted octanol–water partition coefficient (Wildman–Crippen LogP) is 6.98. The molecule has 0 N–H and O–H groups in total. The van der Waals surface area contributed by atoms with Gasteiger partial charge in [0, 0.05) is 12.0 Å². The number of hydrogen-bond donors (Lipinski definition) is 0. The minimum atomic E-state index is -0.924. The second kappa shape index (κ2) is 13.1. The normalized spacial score (nSPS) is 11.6. The highest BCUT2D eigenvalue weighted by atomic mass is 16.7. The molecule has 0 aliphatic carbocycles. The Bertz CT molecular complexity index is 1200. The monoisotopic (exact) mass is 490 g/mol. The van der Waals surface area contributed by atoms with Gasteiger partial charge in [-0.1, -0.05) is 121 Å². The van der Waals surface area contributed by atoms with Crippen molar-refractivity contribution in [2.24, 2.45) is 0 Å². The van der Waals surface area contributed by atoms with Crippen LogP contribution in [0.15, 0.2) is 121 Å². The molecule has 37 heavy (non-hydrogen) atoms. The first kappa shape index (κ1) is 25.8. The first-order valence-electron chi connectivity index (χ1n) is 12.4. The number of hydrogen-bond acceptors (Lipinski definition) is 4. The summed E-state index contributed by atoms with van der Waals surface area (Å²) in [5.41, 5.74) is 2.88. The molecule has 0 spiro atoms. The summed E-state index contributed by atoms with van der Waals surface area (Å²) in [5.74, 6) is 6.28. The Labute approximate surface area is 218 Å². The number of benzene rings is 4. The summed E-state index contributed by atoms with van der Waals surface area (Å²) in [5, 5.41) is 0. The lowest BCUT2D eigenvalue weighted by molar-refractivity contribution is -0.0555. The first-order valence-corrected chi connectivity index (χ1v) is 12.4. The average molecular weight is 491 g/mol. The maximum Gasteiger partial charge on any atom is 0.508 e. The van der Waals surface area contributed by atoms with Gasteiger partial charge in [-0.25, -0.2) is 4.79 Å². The summed E-state index contributed by atoms with van der Waals surface area (Å²) >= 11 is 0. The Morgan fingerprint density at radius 3 is 1.65 bits per heavy atom. The maximum atomic E-state index is 12.3. The van der Waals surface area contributed by atoms with Gasteiger partial charge in [0.05, 0.1) is 13.2 Å². The van der Waals surface area contributed by atoms with Crippen LogP contribution < -0.4 is 0 Å². The standard InChI is InChI=1S/C33H30O4/c1-2-35-32(34)37-31(25-15-18-27-16-7-3-8-17-27)26-36-33(28-19-9-4-10-20-28,29-21-11-5-12-22-29)30-23-13-6-14-24-30/h3-14,16-17,19-24,31H,2,25-26H2,1H3/t31-/m0/s1. The maximum absolute atomic E-state index is 12.3. The van der Waals surface area contributed by atoms with Crippen LogP contribution in [0.25, 0.3) is 0 Å². The predicted molar refractivity (Wildman–Crippen MR) is 145 cm³/mol. The smallest absolute Gasteiger partial charge is 0.435 e. The zero-order chi connectivity index (χ0) is 25.8. The Balaban J connectivity index is 1.70. The van der Waals surface area contributed by atoms with Gasteiger partial charge in [0.25, 0.3) is 0 Å². The van der Waals surface area contributed by atoms with Crippen LogP contribution in [-0.4, -0.2) is 25.5 Å². The molecule has 1 atom stereocenters. The van der Waals surface area contributed by atoms with Gasteiger partial charge in [-0.3, -0.25) is 0 Å². The van der Waals surface area contributed by atoms with Crippen LogP contribution >= 0.6 is 0 Å². The van der Waals surface area contributed by atoms with Crippen molar-refractivity contribution < 1.29 is 19.0 Å². The SMILES string of the molecule is CCOC(=O)O[C@@H](CC#Cc1ccccc1)COC(c1ccccc1)(c1ccccc1)c1ccccc1. The van der Waals surface area contributed by atoms with E-state index in [0.29, 0.717) is 6.42 Å². The van der Waals surface area contributed by atoms with E-state index in [0.717, 1.165) is 22.3 Å². The van der Waals surface area contributed by atoms with Gasteiger partial charge in [0.2, 0.25) is 0 Å². The fourth-order valence-corrected chi connectivity index (χ4v) is 4.20. The van der Waals surface area contributed by atoms with Gasteiger partial charge in [0.15, 0.2) is 0 Å². The molecule has 4 aromatic rings. The lowest BCUT2D eigenvalue weighted by Gasteiger charge is -2.36. The van der Waals surface area contributed by atoms with Gasteiger partial charge in [-0.05, 0) is 35.7 Å². The summed E-state index contributed by atoms with van der Waals surface area (Å²) < 4.78 is 17.5. The fraction of sp³-hybridized carbons (Fsp3) is 0.182. The molecule has 186 valence electrons. The third-order valence-electron chi connectivity index (χ3n) is 5.89. The average Bonchev–Trinajstić information content (AvgIpc) is 2.96. The van der Waals surface area contributed by atoms with Crippen LogP contribution in [0.2, 0.25) is 0 Å². The first-order chi connectivity index (χ1) is 18.2. The minimum absolute atomic E-state index is 0.112. The minimum Gasteiger partial charge on any atom is -0.435 e. The van der Waals surface area contributed by atoms with E-state index in [1.807, 2.05) is 84.9 Å². The number of rotatable bonds is 9. The molecule has 0 amide bonds. The lowest BCUT2D eigenvalue weighted by Crippen LogP contribution is -2.37. The van der Waals surface area contributed by atoms with E-state index in [1.54, 1.807) is 6.92 Å². The molecule has 0 aliphatic rings. The molecule has 0 radical (unpaired) electrons. The van der Waals surface area contributed by atoms with E-state index in [9.17, 15) is 4.79 Å². The van der Waals surface area contributed by atoms with Gasteiger partial charge >= 0.3 is 6.16 Å². The van der Waals surface area contributed by atoms with E-state index < -0.39 is 17.9 Å². The zero-order valence-corrected chi connectivity index (χ0v) is 20.9. The van der Waals surface area contributed by atoms with Crippen molar-refractivity contribution >= 4 is 6.16 Å². The topological polar surface area (TPSA) is 44.8 Å². The summed E-state index contributed by atoms with van der Waals surface area (Å²) in [6.45, 7) is 2.08. The molecule has 4 rings (SSSR count). The Morgan fingerprint density at radius 2 is 1.19 bits per heavy atom. The largest absolute Gasteiger partial charge is 0.508 e. The Morgan fingerprint density at radius 1 is 0.730 bits per heavy atom. The van der Waals surface area contributed by atoms with Crippen molar-refractivity contribution in [3.8, 4) is 11.8 Å². The van der Waals surface area contributed by atoms with Crippen LogP contribution in [0.5, 0.6) is 0 Å². The molecule has 4 nitrogen and oxygen atoms in total. The third-order valence-corrected chi connectivity index (χ3v) is 5.89. The van der Waals surface area contributed by atoms with Gasteiger partial charge in [-0.15, -0.1) is 0 Å². The van der Waals surface area contributed by atoms with Crippen molar-refractivity contribution in [2.75, 3.05) is 13.2 Å². The molecular formula is C33H30O4. The summed E-state index contributed by atoms with van der Waals surface area (Å²) in [7, 11) is 0. The van der Waals surface area contributed by atoms with Crippen LogP contribution in [-0.2, 0) is 19.8 Å². The highest BCUT2D eigenvalue weighted by Crippen LogP contribution is 2.40. The van der Waals surface area contributed by atoms with Crippen LogP contribution in [0, 0.1) is 11.8 Å². The van der Waals surface area contributed by atoms with E-state index >= 15 is 0 Å². The van der Waals surface area contributed by atoms with Gasteiger partial charge in [-0.2, -0.15) is 0 Å². The van der Waals surface area contributed by atoms with E-state index in [-0.39, 0.29) is 13.2 Å². The summed E-state index contributed by atoms with van der Waals surface area (Å²) in [4.78, 5) is 12.3. The second-order valence-corrected chi connectivity index (χ2v) is 8.39. The van der Waals surface area contributed by atoms with E-state index in [1.165, 1.54) is 0 Å². The molecule has 0 aliphatic heterocycles. The molecule has 0 saturated heterocycles. The van der Waals surface area contributed by atoms with Crippen LogP contribution in [0.4, 0.5) is 4.79 Å². The van der Waals surface area contributed by atoms with Gasteiger partial charge in [0.1, 0.15) is 11.7 Å². The molecular weight excluding hydrogens is 460 g/mol. The van der Waals surface area contributed by atoms with Crippen molar-refractivity contribution in [1.82, 2.24) is 0 Å². The van der Waals surface area contributed by atoms with Crippen molar-refractivity contribution in [3.05, 3.63) is 144 Å². The van der Waals surface area contributed by atoms with Crippen molar-refractivity contribution in [1.29, 1.82) is 0 Å². The molecule has 0 bridgehead atoms. The third kappa shape index (κ3) is 6.67. The summed E-state index contributed by atoms with van der Waals surface area (Å²) in [6, 6.07) is 39.9. The highest BCUT2D eigenvalue weighted by Gasteiger charge is 2.38. The lowest BCUT2D eigenvalue weighted by atomic mass is 9.80. The van der Waals surface area contributed by atoms with E-state index in [4.69, 9.17) is 14.2 Å². The molecule has 4 heteroatoms. The van der Waals surface area contributed by atoms with Gasteiger partial charge < -0.3 is 14.2 Å². The van der Waals surface area contributed by atoms with Crippen molar-refractivity contribution in [3.63, 3.8) is 0 Å². The van der Waals surface area contributed by atoms with Crippen molar-refractivity contribution in [2.45, 2.75) is 25.0 Å². The molecule has 4 aromatic carbocycles.